The normalized spacial score (nSPS) is 17.2. The number of nitrogen functional groups attached to an aromatic ring is 1. The third-order valence-corrected chi connectivity index (χ3v) is 3.78. The van der Waals surface area contributed by atoms with Gasteiger partial charge in [-0.1, -0.05) is 25.3 Å². The molecule has 0 saturated heterocycles. The third-order valence-electron chi connectivity index (χ3n) is 3.78. The second-order valence-electron chi connectivity index (χ2n) is 5.21. The highest BCUT2D eigenvalue weighted by atomic mass is 16.5. The number of ether oxygens (including phenoxy) is 1. The van der Waals surface area contributed by atoms with Crippen molar-refractivity contribution in [2.75, 3.05) is 12.8 Å². The number of amides is 1. The molecule has 0 radical (unpaired) electrons. The second kappa shape index (κ2) is 5.94. The zero-order valence-corrected chi connectivity index (χ0v) is 11.6. The van der Waals surface area contributed by atoms with E-state index in [1.54, 1.807) is 24.3 Å². The van der Waals surface area contributed by atoms with Crippen molar-refractivity contribution < 1.29 is 14.3 Å². The van der Waals surface area contributed by atoms with E-state index in [0.717, 1.165) is 19.3 Å². The highest BCUT2D eigenvalue weighted by Crippen LogP contribution is 2.29. The Morgan fingerprint density at radius 3 is 2.55 bits per heavy atom. The minimum absolute atomic E-state index is 0.287. The summed E-state index contributed by atoms with van der Waals surface area (Å²) in [5.41, 5.74) is 5.76. The molecule has 0 unspecified atom stereocenters. The van der Waals surface area contributed by atoms with Crippen LogP contribution in [0.2, 0.25) is 0 Å². The summed E-state index contributed by atoms with van der Waals surface area (Å²) in [5.74, 6) is -0.654. The molecule has 0 aliphatic heterocycles. The molecule has 5 nitrogen and oxygen atoms in total. The number of anilines is 1. The maximum absolute atomic E-state index is 12.3. The van der Waals surface area contributed by atoms with Crippen molar-refractivity contribution in [3.8, 4) is 0 Å². The molecule has 0 spiro atoms. The smallest absolute Gasteiger partial charge is 0.331 e. The van der Waals surface area contributed by atoms with Gasteiger partial charge in [0.15, 0.2) is 0 Å². The van der Waals surface area contributed by atoms with Gasteiger partial charge >= 0.3 is 5.97 Å². The van der Waals surface area contributed by atoms with Gasteiger partial charge in [-0.05, 0) is 31.0 Å². The van der Waals surface area contributed by atoms with Gasteiger partial charge in [-0.2, -0.15) is 0 Å². The van der Waals surface area contributed by atoms with Crippen LogP contribution in [0.4, 0.5) is 5.69 Å². The third kappa shape index (κ3) is 2.92. The summed E-state index contributed by atoms with van der Waals surface area (Å²) in [6.45, 7) is 0. The highest BCUT2D eigenvalue weighted by Gasteiger charge is 2.42. The molecule has 0 aromatic heterocycles. The van der Waals surface area contributed by atoms with Crippen LogP contribution < -0.4 is 11.1 Å². The summed E-state index contributed by atoms with van der Waals surface area (Å²) in [4.78, 5) is 24.4. The van der Waals surface area contributed by atoms with Crippen molar-refractivity contribution in [1.29, 1.82) is 0 Å². The van der Waals surface area contributed by atoms with Crippen LogP contribution in [-0.2, 0) is 9.53 Å². The van der Waals surface area contributed by atoms with E-state index in [0.29, 0.717) is 24.1 Å². The number of benzene rings is 1. The standard InChI is InChI=1S/C15H20N2O3/c1-20-14(19)15(8-3-2-4-9-15)17-13(18)11-6-5-7-12(16)10-11/h5-7,10H,2-4,8-9,16H2,1H3,(H,17,18). The average molecular weight is 276 g/mol. The molecule has 1 aromatic carbocycles. The van der Waals surface area contributed by atoms with E-state index >= 15 is 0 Å². The number of esters is 1. The Kier molecular flexibility index (Phi) is 4.27. The number of rotatable bonds is 3. The van der Waals surface area contributed by atoms with E-state index in [-0.39, 0.29) is 11.9 Å². The minimum atomic E-state index is -0.894. The number of nitrogens with one attached hydrogen (secondary N) is 1. The van der Waals surface area contributed by atoms with Gasteiger partial charge in [0, 0.05) is 11.3 Å². The molecule has 20 heavy (non-hydrogen) atoms. The van der Waals surface area contributed by atoms with Crippen LogP contribution in [0.3, 0.4) is 0 Å². The lowest BCUT2D eigenvalue weighted by Crippen LogP contribution is -2.56. The summed E-state index contributed by atoms with van der Waals surface area (Å²) in [5, 5.41) is 2.86. The average Bonchev–Trinajstić information content (AvgIpc) is 2.47. The molecule has 1 amide bonds. The summed E-state index contributed by atoms with van der Waals surface area (Å²) in [6.07, 6.45) is 4.13. The van der Waals surface area contributed by atoms with Crippen LogP contribution in [0, 0.1) is 0 Å². The Balaban J connectivity index is 2.19. The van der Waals surface area contributed by atoms with Crippen LogP contribution in [0.25, 0.3) is 0 Å². The lowest BCUT2D eigenvalue weighted by molar-refractivity contribution is -0.149. The van der Waals surface area contributed by atoms with Gasteiger partial charge in [-0.25, -0.2) is 4.79 Å². The number of carbonyl (C=O) groups is 2. The molecule has 2 rings (SSSR count). The van der Waals surface area contributed by atoms with E-state index in [9.17, 15) is 9.59 Å². The van der Waals surface area contributed by atoms with Gasteiger partial charge in [0.1, 0.15) is 5.54 Å². The fourth-order valence-electron chi connectivity index (χ4n) is 2.70. The zero-order valence-electron chi connectivity index (χ0n) is 11.6. The first-order valence-corrected chi connectivity index (χ1v) is 6.84. The molecular formula is C15H20N2O3. The van der Waals surface area contributed by atoms with Crippen LogP contribution in [0.1, 0.15) is 42.5 Å². The molecule has 5 heteroatoms. The van der Waals surface area contributed by atoms with Gasteiger partial charge in [-0.3, -0.25) is 4.79 Å². The highest BCUT2D eigenvalue weighted by molar-refractivity contribution is 5.98. The summed E-state index contributed by atoms with van der Waals surface area (Å²) >= 11 is 0. The van der Waals surface area contributed by atoms with Crippen LogP contribution in [-0.4, -0.2) is 24.5 Å². The Morgan fingerprint density at radius 2 is 1.95 bits per heavy atom. The predicted molar refractivity (Wildman–Crippen MR) is 76.2 cm³/mol. The first kappa shape index (κ1) is 14.4. The SMILES string of the molecule is COC(=O)C1(NC(=O)c2cccc(N)c2)CCCCC1. The van der Waals surface area contributed by atoms with Crippen molar-refractivity contribution in [1.82, 2.24) is 5.32 Å². The monoisotopic (exact) mass is 276 g/mol. The molecule has 0 atom stereocenters. The number of nitrogens with two attached hydrogens (primary N) is 1. The minimum Gasteiger partial charge on any atom is -0.467 e. The van der Waals surface area contributed by atoms with Crippen molar-refractivity contribution in [3.05, 3.63) is 29.8 Å². The Morgan fingerprint density at radius 1 is 1.25 bits per heavy atom. The molecule has 1 fully saturated rings. The quantitative estimate of drug-likeness (QED) is 0.652. The molecule has 108 valence electrons. The van der Waals surface area contributed by atoms with Gasteiger partial charge in [0.25, 0.3) is 5.91 Å². The predicted octanol–water partition coefficient (Wildman–Crippen LogP) is 1.87. The van der Waals surface area contributed by atoms with E-state index in [4.69, 9.17) is 10.5 Å². The summed E-state index contributed by atoms with van der Waals surface area (Å²) < 4.78 is 4.88. The van der Waals surface area contributed by atoms with Crippen molar-refractivity contribution in [2.24, 2.45) is 0 Å². The van der Waals surface area contributed by atoms with Crippen LogP contribution in [0.5, 0.6) is 0 Å². The van der Waals surface area contributed by atoms with Crippen molar-refractivity contribution in [3.63, 3.8) is 0 Å². The molecule has 0 heterocycles. The van der Waals surface area contributed by atoms with E-state index in [1.807, 2.05) is 0 Å². The Hall–Kier alpha value is -2.04. The molecular weight excluding hydrogens is 256 g/mol. The fraction of sp³-hybridized carbons (Fsp3) is 0.467. The van der Waals surface area contributed by atoms with Crippen LogP contribution in [0.15, 0.2) is 24.3 Å². The number of carbonyl (C=O) groups excluding carboxylic acids is 2. The molecule has 1 saturated carbocycles. The van der Waals surface area contributed by atoms with E-state index in [1.165, 1.54) is 7.11 Å². The number of methoxy groups -OCH3 is 1. The lowest BCUT2D eigenvalue weighted by atomic mass is 9.81. The van der Waals surface area contributed by atoms with E-state index in [2.05, 4.69) is 5.32 Å². The van der Waals surface area contributed by atoms with Gasteiger partial charge in [0.05, 0.1) is 7.11 Å². The maximum atomic E-state index is 12.3. The largest absolute Gasteiger partial charge is 0.467 e. The van der Waals surface area contributed by atoms with Crippen molar-refractivity contribution >= 4 is 17.6 Å². The fourth-order valence-corrected chi connectivity index (χ4v) is 2.70. The summed E-state index contributed by atoms with van der Waals surface area (Å²) in [7, 11) is 1.35. The second-order valence-corrected chi connectivity index (χ2v) is 5.21. The number of hydrogen-bond acceptors (Lipinski definition) is 4. The first-order chi connectivity index (χ1) is 9.57. The summed E-state index contributed by atoms with van der Waals surface area (Å²) in [6, 6.07) is 6.71. The molecule has 1 aromatic rings. The molecule has 3 N–H and O–H groups in total. The lowest BCUT2D eigenvalue weighted by Gasteiger charge is -2.35. The topological polar surface area (TPSA) is 81.4 Å². The molecule has 1 aliphatic carbocycles. The Bertz CT molecular complexity index is 508. The van der Waals surface area contributed by atoms with Crippen LogP contribution >= 0.6 is 0 Å². The molecule has 0 bridgehead atoms. The molecule has 1 aliphatic rings. The Labute approximate surface area is 118 Å². The maximum Gasteiger partial charge on any atom is 0.331 e. The van der Waals surface area contributed by atoms with Crippen molar-refractivity contribution in [2.45, 2.75) is 37.6 Å². The zero-order chi connectivity index (χ0) is 14.6. The van der Waals surface area contributed by atoms with Gasteiger partial charge in [0.2, 0.25) is 0 Å². The van der Waals surface area contributed by atoms with Gasteiger partial charge in [-0.15, -0.1) is 0 Å². The first-order valence-electron chi connectivity index (χ1n) is 6.84. The van der Waals surface area contributed by atoms with Gasteiger partial charge < -0.3 is 15.8 Å². The number of hydrogen-bond donors (Lipinski definition) is 2. The van der Waals surface area contributed by atoms with E-state index < -0.39 is 5.54 Å².